The number of hydrogen-bond acceptors (Lipinski definition) is 3. The van der Waals surface area contributed by atoms with E-state index in [2.05, 4.69) is 19.2 Å². The minimum Gasteiger partial charge on any atom is -0.376 e. The molecule has 0 saturated carbocycles. The van der Waals surface area contributed by atoms with Crippen molar-refractivity contribution in [1.82, 2.24) is 5.32 Å². The second-order valence-corrected chi connectivity index (χ2v) is 4.06. The molecular weight excluding hydrogens is 166 g/mol. The number of rotatable bonds is 7. The van der Waals surface area contributed by atoms with Crippen molar-refractivity contribution < 1.29 is 9.47 Å². The molecule has 0 rings (SSSR count). The quantitative estimate of drug-likeness (QED) is 0.614. The van der Waals surface area contributed by atoms with Crippen molar-refractivity contribution in [2.24, 2.45) is 0 Å². The molecule has 0 fully saturated rings. The molecule has 0 radical (unpaired) electrons. The van der Waals surface area contributed by atoms with Gasteiger partial charge in [0.1, 0.15) is 0 Å². The zero-order valence-electron chi connectivity index (χ0n) is 9.52. The van der Waals surface area contributed by atoms with Crippen LogP contribution in [0.15, 0.2) is 0 Å². The monoisotopic (exact) mass is 189 g/mol. The molecule has 3 heteroatoms. The molecule has 0 amide bonds. The molecule has 0 unspecified atom stereocenters. The highest BCUT2D eigenvalue weighted by Gasteiger charge is 2.16. The largest absolute Gasteiger partial charge is 0.376 e. The minimum atomic E-state index is -0.102. The van der Waals surface area contributed by atoms with Gasteiger partial charge in [-0.2, -0.15) is 0 Å². The van der Waals surface area contributed by atoms with E-state index in [0.29, 0.717) is 13.2 Å². The fraction of sp³-hybridized carbons (Fsp3) is 1.00. The summed E-state index contributed by atoms with van der Waals surface area (Å²) in [6.07, 6.45) is 0.288. The summed E-state index contributed by atoms with van der Waals surface area (Å²) in [5.41, 5.74) is -0.102. The zero-order valence-corrected chi connectivity index (χ0v) is 9.52. The van der Waals surface area contributed by atoms with E-state index in [4.69, 9.17) is 9.47 Å². The zero-order chi connectivity index (χ0) is 10.3. The smallest absolute Gasteiger partial charge is 0.0751 e. The van der Waals surface area contributed by atoms with Crippen LogP contribution >= 0.6 is 0 Å². The van der Waals surface area contributed by atoms with Crippen molar-refractivity contribution in [2.75, 3.05) is 26.8 Å². The standard InChI is InChI=1S/C10H23NO2/c1-9(2)12-6-7-13-10(3,4)8-11-5/h9,11H,6-8H2,1-5H3. The Labute approximate surface area is 81.8 Å². The molecule has 0 heterocycles. The Morgan fingerprint density at radius 2 is 1.85 bits per heavy atom. The van der Waals surface area contributed by atoms with Crippen LogP contribution in [0.3, 0.4) is 0 Å². The molecule has 0 spiro atoms. The number of nitrogens with one attached hydrogen (secondary N) is 1. The molecule has 0 aliphatic carbocycles. The predicted molar refractivity (Wildman–Crippen MR) is 55.0 cm³/mol. The maximum Gasteiger partial charge on any atom is 0.0751 e. The second kappa shape index (κ2) is 6.35. The van der Waals surface area contributed by atoms with Gasteiger partial charge in [-0.1, -0.05) is 0 Å². The van der Waals surface area contributed by atoms with E-state index >= 15 is 0 Å². The van der Waals surface area contributed by atoms with Crippen molar-refractivity contribution in [2.45, 2.75) is 39.4 Å². The Kier molecular flexibility index (Phi) is 6.29. The minimum absolute atomic E-state index is 0.102. The Hall–Kier alpha value is -0.120. The Balaban J connectivity index is 3.40. The molecule has 80 valence electrons. The first kappa shape index (κ1) is 12.9. The first-order valence-corrected chi connectivity index (χ1v) is 4.88. The average Bonchev–Trinajstić information content (AvgIpc) is 1.98. The Bertz CT molecular complexity index is 124. The molecule has 0 bridgehead atoms. The normalized spacial score (nSPS) is 12.5. The fourth-order valence-corrected chi connectivity index (χ4v) is 1.08. The van der Waals surface area contributed by atoms with Gasteiger partial charge in [-0.25, -0.2) is 0 Å². The van der Waals surface area contributed by atoms with Crippen molar-refractivity contribution in [3.8, 4) is 0 Å². The maximum absolute atomic E-state index is 5.63. The van der Waals surface area contributed by atoms with Gasteiger partial charge in [-0.05, 0) is 34.7 Å². The second-order valence-electron chi connectivity index (χ2n) is 4.06. The van der Waals surface area contributed by atoms with E-state index in [9.17, 15) is 0 Å². The van der Waals surface area contributed by atoms with Gasteiger partial charge in [0, 0.05) is 6.54 Å². The van der Waals surface area contributed by atoms with Gasteiger partial charge in [0.05, 0.1) is 24.9 Å². The highest BCUT2D eigenvalue weighted by Crippen LogP contribution is 2.06. The van der Waals surface area contributed by atoms with Crippen LogP contribution in [0.4, 0.5) is 0 Å². The number of ether oxygens (including phenoxy) is 2. The van der Waals surface area contributed by atoms with Crippen LogP contribution in [0.5, 0.6) is 0 Å². The summed E-state index contributed by atoms with van der Waals surface area (Å²) in [4.78, 5) is 0. The van der Waals surface area contributed by atoms with E-state index in [1.807, 2.05) is 20.9 Å². The molecule has 0 aliphatic rings. The topological polar surface area (TPSA) is 30.5 Å². The highest BCUT2D eigenvalue weighted by atomic mass is 16.5. The Morgan fingerprint density at radius 1 is 1.23 bits per heavy atom. The average molecular weight is 189 g/mol. The van der Waals surface area contributed by atoms with Crippen molar-refractivity contribution in [3.63, 3.8) is 0 Å². The summed E-state index contributed by atoms with van der Waals surface area (Å²) in [5, 5.41) is 3.09. The van der Waals surface area contributed by atoms with Crippen molar-refractivity contribution in [3.05, 3.63) is 0 Å². The molecule has 0 aliphatic heterocycles. The lowest BCUT2D eigenvalue weighted by Crippen LogP contribution is -2.37. The summed E-state index contributed by atoms with van der Waals surface area (Å²) < 4.78 is 11.0. The first-order chi connectivity index (χ1) is 5.98. The summed E-state index contributed by atoms with van der Waals surface area (Å²) in [6.45, 7) is 10.4. The molecule has 0 aromatic heterocycles. The van der Waals surface area contributed by atoms with E-state index in [0.717, 1.165) is 6.54 Å². The summed E-state index contributed by atoms with van der Waals surface area (Å²) >= 11 is 0. The highest BCUT2D eigenvalue weighted by molar-refractivity contribution is 4.70. The molecule has 0 saturated heterocycles. The van der Waals surface area contributed by atoms with Crippen LogP contribution in [0, 0.1) is 0 Å². The molecule has 13 heavy (non-hydrogen) atoms. The van der Waals surface area contributed by atoms with Crippen LogP contribution in [0.25, 0.3) is 0 Å². The number of hydrogen-bond donors (Lipinski definition) is 1. The van der Waals surface area contributed by atoms with Gasteiger partial charge in [-0.15, -0.1) is 0 Å². The molecule has 0 aromatic carbocycles. The predicted octanol–water partition coefficient (Wildman–Crippen LogP) is 1.43. The van der Waals surface area contributed by atoms with Crippen LogP contribution < -0.4 is 5.32 Å². The lowest BCUT2D eigenvalue weighted by molar-refractivity contribution is -0.0531. The van der Waals surface area contributed by atoms with Gasteiger partial charge < -0.3 is 14.8 Å². The SMILES string of the molecule is CNCC(C)(C)OCCOC(C)C. The fourth-order valence-electron chi connectivity index (χ4n) is 1.08. The van der Waals surface area contributed by atoms with Gasteiger partial charge >= 0.3 is 0 Å². The van der Waals surface area contributed by atoms with E-state index in [1.165, 1.54) is 0 Å². The van der Waals surface area contributed by atoms with Crippen molar-refractivity contribution >= 4 is 0 Å². The molecule has 0 atom stereocenters. The van der Waals surface area contributed by atoms with E-state index in [1.54, 1.807) is 0 Å². The third-order valence-electron chi connectivity index (χ3n) is 1.63. The Morgan fingerprint density at radius 3 is 2.31 bits per heavy atom. The third-order valence-corrected chi connectivity index (χ3v) is 1.63. The van der Waals surface area contributed by atoms with Gasteiger partial charge in [0.2, 0.25) is 0 Å². The summed E-state index contributed by atoms with van der Waals surface area (Å²) in [6, 6.07) is 0. The lowest BCUT2D eigenvalue weighted by Gasteiger charge is -2.25. The van der Waals surface area contributed by atoms with Crippen LogP contribution in [-0.4, -0.2) is 38.5 Å². The van der Waals surface area contributed by atoms with Gasteiger partial charge in [0.25, 0.3) is 0 Å². The van der Waals surface area contributed by atoms with Crippen LogP contribution in [0.1, 0.15) is 27.7 Å². The summed E-state index contributed by atoms with van der Waals surface area (Å²) in [5.74, 6) is 0. The number of likely N-dealkylation sites (N-methyl/N-ethyl adjacent to an activating group) is 1. The van der Waals surface area contributed by atoms with Gasteiger partial charge in [-0.3, -0.25) is 0 Å². The molecule has 0 aromatic rings. The third kappa shape index (κ3) is 8.22. The lowest BCUT2D eigenvalue weighted by atomic mass is 10.1. The van der Waals surface area contributed by atoms with Gasteiger partial charge in [0.15, 0.2) is 0 Å². The summed E-state index contributed by atoms with van der Waals surface area (Å²) in [7, 11) is 1.93. The van der Waals surface area contributed by atoms with E-state index in [-0.39, 0.29) is 11.7 Å². The van der Waals surface area contributed by atoms with Crippen LogP contribution in [-0.2, 0) is 9.47 Å². The maximum atomic E-state index is 5.63. The molecule has 3 nitrogen and oxygen atoms in total. The molecular formula is C10H23NO2. The van der Waals surface area contributed by atoms with Crippen LogP contribution in [0.2, 0.25) is 0 Å². The van der Waals surface area contributed by atoms with Crippen molar-refractivity contribution in [1.29, 1.82) is 0 Å². The van der Waals surface area contributed by atoms with E-state index < -0.39 is 0 Å². The first-order valence-electron chi connectivity index (χ1n) is 4.88. The molecule has 1 N–H and O–H groups in total.